The number of rotatable bonds is 3. The minimum absolute atomic E-state index is 0.180. The molecule has 1 aromatic carbocycles. The second kappa shape index (κ2) is 4.89. The van der Waals surface area contributed by atoms with Gasteiger partial charge in [0.25, 0.3) is 0 Å². The fourth-order valence-electron chi connectivity index (χ4n) is 2.12. The highest BCUT2D eigenvalue weighted by Gasteiger charge is 2.82. The third kappa shape index (κ3) is 2.30. The number of benzene rings is 1. The van der Waals surface area contributed by atoms with Crippen molar-refractivity contribution in [2.45, 2.75) is 30.0 Å². The van der Waals surface area contributed by atoms with Crippen molar-refractivity contribution < 1.29 is 44.6 Å². The van der Waals surface area contributed by atoms with Gasteiger partial charge in [-0.05, 0) is 17.2 Å². The van der Waals surface area contributed by atoms with Gasteiger partial charge in [-0.2, -0.15) is 39.5 Å². The number of aliphatic hydroxyl groups is 1. The molecule has 0 aromatic heterocycles. The van der Waals surface area contributed by atoms with Crippen LogP contribution in [0.1, 0.15) is 17.2 Å². The lowest BCUT2D eigenvalue weighted by atomic mass is 9.93. The Kier molecular flexibility index (Phi) is 3.75. The van der Waals surface area contributed by atoms with E-state index in [-0.39, 0.29) is 17.2 Å². The van der Waals surface area contributed by atoms with Crippen LogP contribution in [0.3, 0.4) is 0 Å². The predicted molar refractivity (Wildman–Crippen MR) is 60.3 cm³/mol. The average Bonchev–Trinajstić information content (AvgIpc) is 2.75. The van der Waals surface area contributed by atoms with Crippen LogP contribution in [0.4, 0.5) is 39.5 Å². The minimum Gasteiger partial charge on any atom is -0.384 e. The summed E-state index contributed by atoms with van der Waals surface area (Å²) in [6.07, 6.45) is -9.03. The van der Waals surface area contributed by atoms with Gasteiger partial charge >= 0.3 is 23.9 Å². The van der Waals surface area contributed by atoms with Crippen molar-refractivity contribution >= 4 is 6.08 Å². The van der Waals surface area contributed by atoms with E-state index in [2.05, 4.69) is 0 Å². The van der Waals surface area contributed by atoms with Crippen LogP contribution < -0.4 is 0 Å². The summed E-state index contributed by atoms with van der Waals surface area (Å²) < 4.78 is 116. The van der Waals surface area contributed by atoms with Crippen molar-refractivity contribution in [3.05, 3.63) is 41.0 Å². The second-order valence-corrected chi connectivity index (χ2v) is 4.85. The molecule has 1 aliphatic carbocycles. The molecule has 0 fully saturated rings. The molecule has 2 rings (SSSR count). The maximum atomic E-state index is 13.8. The van der Waals surface area contributed by atoms with E-state index in [4.69, 9.17) is 0 Å². The van der Waals surface area contributed by atoms with Gasteiger partial charge in [0, 0.05) is 5.57 Å². The molecule has 10 heteroatoms. The van der Waals surface area contributed by atoms with Crippen molar-refractivity contribution in [1.29, 1.82) is 0 Å². The quantitative estimate of drug-likeness (QED) is 0.791. The summed E-state index contributed by atoms with van der Waals surface area (Å²) in [5.74, 6) is -19.7. The molecule has 0 saturated heterocycles. The first-order chi connectivity index (χ1) is 10.2. The van der Waals surface area contributed by atoms with Crippen molar-refractivity contribution in [1.82, 2.24) is 0 Å². The maximum absolute atomic E-state index is 13.8. The summed E-state index contributed by atoms with van der Waals surface area (Å²) in [6, 6.07) is 4.70. The van der Waals surface area contributed by atoms with Gasteiger partial charge in [0.05, 0.1) is 0 Å². The number of halogens is 9. The molecule has 1 aliphatic rings. The molecule has 128 valence electrons. The molecule has 0 heterocycles. The molecule has 0 saturated carbocycles. The van der Waals surface area contributed by atoms with Crippen LogP contribution in [0.15, 0.2) is 29.8 Å². The predicted octanol–water partition coefficient (Wildman–Crippen LogP) is 4.59. The Morgan fingerprint density at radius 3 is 1.78 bits per heavy atom. The molecule has 0 amide bonds. The molecule has 0 bridgehead atoms. The molecule has 23 heavy (non-hydrogen) atoms. The van der Waals surface area contributed by atoms with Crippen molar-refractivity contribution in [3.63, 3.8) is 0 Å². The van der Waals surface area contributed by atoms with Crippen molar-refractivity contribution in [2.24, 2.45) is 0 Å². The van der Waals surface area contributed by atoms with Crippen LogP contribution in [0.25, 0.3) is 6.08 Å². The topological polar surface area (TPSA) is 20.2 Å². The first-order valence-corrected chi connectivity index (χ1v) is 5.94. The smallest absolute Gasteiger partial charge is 0.384 e. The third-order valence-corrected chi connectivity index (χ3v) is 3.40. The SMILES string of the molecule is OC1C(C(F)(F)C(F)(F)C(F)(F)C(F)(F)F)=Cc2ccccc21. The Balaban J connectivity index is 2.51. The van der Waals surface area contributed by atoms with Crippen LogP contribution in [-0.4, -0.2) is 29.1 Å². The van der Waals surface area contributed by atoms with Gasteiger partial charge in [-0.25, -0.2) is 0 Å². The second-order valence-electron chi connectivity index (χ2n) is 4.85. The zero-order chi connectivity index (χ0) is 17.8. The molecular weight excluding hydrogens is 343 g/mol. The lowest BCUT2D eigenvalue weighted by Crippen LogP contribution is -2.61. The van der Waals surface area contributed by atoms with Gasteiger partial charge in [0.2, 0.25) is 0 Å². The Morgan fingerprint density at radius 1 is 0.783 bits per heavy atom. The molecule has 1 N–H and O–H groups in total. The zero-order valence-corrected chi connectivity index (χ0v) is 10.8. The summed E-state index contributed by atoms with van der Waals surface area (Å²) >= 11 is 0. The Labute approximate surface area is 123 Å². The number of aliphatic hydroxyl groups excluding tert-OH is 1. The third-order valence-electron chi connectivity index (χ3n) is 3.40. The number of hydrogen-bond acceptors (Lipinski definition) is 1. The normalized spacial score (nSPS) is 19.6. The summed E-state index contributed by atoms with van der Waals surface area (Å²) in [5.41, 5.74) is -2.40. The van der Waals surface area contributed by atoms with Crippen LogP contribution in [0.2, 0.25) is 0 Å². The van der Waals surface area contributed by atoms with Gasteiger partial charge in [0.1, 0.15) is 6.10 Å². The standard InChI is InChI=1S/C13H7F9O/c14-10(15,11(16,17)12(18,19)13(20,21)22)8-5-6-3-1-2-4-7(6)9(8)23/h1-5,9,23H. The van der Waals surface area contributed by atoms with Crippen LogP contribution in [0.5, 0.6) is 0 Å². The molecule has 1 aromatic rings. The molecule has 1 unspecified atom stereocenters. The number of hydrogen-bond donors (Lipinski definition) is 1. The lowest BCUT2D eigenvalue weighted by molar-refractivity contribution is -0.390. The van der Waals surface area contributed by atoms with E-state index in [1.807, 2.05) is 0 Å². The number of alkyl halides is 9. The van der Waals surface area contributed by atoms with Crippen molar-refractivity contribution in [2.75, 3.05) is 0 Å². The minimum atomic E-state index is -6.99. The first-order valence-electron chi connectivity index (χ1n) is 5.94. The maximum Gasteiger partial charge on any atom is 0.460 e. The zero-order valence-electron chi connectivity index (χ0n) is 10.8. The van der Waals surface area contributed by atoms with Gasteiger partial charge in [-0.3, -0.25) is 0 Å². The van der Waals surface area contributed by atoms with E-state index in [1.54, 1.807) is 0 Å². The van der Waals surface area contributed by atoms with E-state index >= 15 is 0 Å². The highest BCUT2D eigenvalue weighted by molar-refractivity contribution is 5.67. The average molecular weight is 350 g/mol. The highest BCUT2D eigenvalue weighted by atomic mass is 19.4. The monoisotopic (exact) mass is 350 g/mol. The Hall–Kier alpha value is -1.71. The largest absolute Gasteiger partial charge is 0.460 e. The molecule has 0 aliphatic heterocycles. The summed E-state index contributed by atoms with van der Waals surface area (Å²) in [6.45, 7) is 0. The fourth-order valence-corrected chi connectivity index (χ4v) is 2.12. The van der Waals surface area contributed by atoms with E-state index in [0.29, 0.717) is 0 Å². The van der Waals surface area contributed by atoms with E-state index in [1.165, 1.54) is 12.1 Å². The molecule has 0 spiro atoms. The van der Waals surface area contributed by atoms with Gasteiger partial charge in [-0.1, -0.05) is 24.3 Å². The fraction of sp³-hybridized carbons (Fsp3) is 0.385. The summed E-state index contributed by atoms with van der Waals surface area (Å²) in [4.78, 5) is 0. The molecule has 1 atom stereocenters. The van der Waals surface area contributed by atoms with Crippen LogP contribution in [-0.2, 0) is 0 Å². The molecular formula is C13H7F9O. The number of fused-ring (bicyclic) bond motifs is 1. The Bertz CT molecular complexity index is 645. The van der Waals surface area contributed by atoms with Crippen LogP contribution in [0, 0.1) is 0 Å². The van der Waals surface area contributed by atoms with E-state index < -0.39 is 35.6 Å². The lowest BCUT2D eigenvalue weighted by Gasteiger charge is -2.35. The van der Waals surface area contributed by atoms with Gasteiger partial charge in [-0.15, -0.1) is 0 Å². The van der Waals surface area contributed by atoms with Gasteiger partial charge < -0.3 is 5.11 Å². The Morgan fingerprint density at radius 2 is 1.30 bits per heavy atom. The summed E-state index contributed by atoms with van der Waals surface area (Å²) in [7, 11) is 0. The van der Waals surface area contributed by atoms with E-state index in [9.17, 15) is 44.6 Å². The molecule has 1 nitrogen and oxygen atoms in total. The highest BCUT2D eigenvalue weighted by Crippen LogP contribution is 2.58. The van der Waals surface area contributed by atoms with Crippen molar-refractivity contribution in [3.8, 4) is 0 Å². The molecule has 0 radical (unpaired) electrons. The van der Waals surface area contributed by atoms with Gasteiger partial charge in [0.15, 0.2) is 0 Å². The van der Waals surface area contributed by atoms with Crippen LogP contribution >= 0.6 is 0 Å². The van der Waals surface area contributed by atoms with E-state index in [0.717, 1.165) is 12.1 Å². The summed E-state index contributed by atoms with van der Waals surface area (Å²) in [5, 5.41) is 9.60. The first kappa shape index (κ1) is 17.6.